The molecule has 0 aliphatic carbocycles. The second-order valence-electron chi connectivity index (χ2n) is 3.96. The van der Waals surface area contributed by atoms with E-state index in [2.05, 4.69) is 0 Å². The fraction of sp³-hybridized carbons (Fsp3) is 0.143. The van der Waals surface area contributed by atoms with Gasteiger partial charge in [-0.05, 0) is 38.1 Å². The van der Waals surface area contributed by atoms with Crippen molar-refractivity contribution in [3.63, 3.8) is 0 Å². The van der Waals surface area contributed by atoms with E-state index in [9.17, 15) is 0 Å². The van der Waals surface area contributed by atoms with Crippen LogP contribution in [0.25, 0.3) is 11.5 Å². The summed E-state index contributed by atoms with van der Waals surface area (Å²) in [6.45, 7) is 3.74. The number of hydrogen-bond donors (Lipinski definition) is 0. The third-order valence-corrected chi connectivity index (χ3v) is 2.85. The fourth-order valence-corrected chi connectivity index (χ4v) is 1.71. The van der Waals surface area contributed by atoms with E-state index in [0.717, 1.165) is 11.1 Å². The van der Waals surface area contributed by atoms with Gasteiger partial charge in [-0.3, -0.25) is 0 Å². The minimum absolute atomic E-state index is 0.472. The van der Waals surface area contributed by atoms with E-state index in [1.165, 1.54) is 0 Å². The number of halogens is 4. The molecule has 0 aliphatic rings. The Balaban J connectivity index is 0.000000322. The molecule has 2 aromatic rings. The van der Waals surface area contributed by atoms with Gasteiger partial charge in [-0.2, -0.15) is 0 Å². The number of aryl methyl sites for hydroxylation is 2. The first kappa shape index (κ1) is 20.9. The Morgan fingerprint density at radius 2 is 1.05 bits per heavy atom. The van der Waals surface area contributed by atoms with Crippen LogP contribution < -0.4 is 0 Å². The molecular weight excluding hydrogens is 533 g/mol. The summed E-state index contributed by atoms with van der Waals surface area (Å²) in [7, 11) is 9.75. The van der Waals surface area contributed by atoms with Crippen LogP contribution >= 0.6 is 42.0 Å². The second-order valence-corrected chi connectivity index (χ2v) is 8.12. The molecule has 0 bridgehead atoms. The SMILES string of the molecule is Cc1cc(Cl)ccc1[NH-].Cc1cc(Cl)ccc1[NH-].[Cl][Pt+2][Cl]. The first-order chi connectivity index (χ1) is 9.81. The van der Waals surface area contributed by atoms with Crippen LogP contribution in [0.4, 0.5) is 11.4 Å². The van der Waals surface area contributed by atoms with E-state index in [0.29, 0.717) is 21.4 Å². The van der Waals surface area contributed by atoms with Gasteiger partial charge in [-0.15, -0.1) is 11.4 Å². The molecule has 7 heteroatoms. The predicted octanol–water partition coefficient (Wildman–Crippen LogP) is 8.04. The van der Waals surface area contributed by atoms with Crippen LogP contribution in [0.5, 0.6) is 0 Å². The van der Waals surface area contributed by atoms with E-state index < -0.39 is 16.5 Å². The molecule has 2 N–H and O–H groups in total. The van der Waals surface area contributed by atoms with Gasteiger partial charge < -0.3 is 11.5 Å². The Labute approximate surface area is 152 Å². The maximum atomic E-state index is 7.26. The normalized spacial score (nSPS) is 9.24. The van der Waals surface area contributed by atoms with Crippen LogP contribution in [-0.2, 0) is 16.5 Å². The molecule has 0 atom stereocenters. The summed E-state index contributed by atoms with van der Waals surface area (Å²) in [6.07, 6.45) is 0. The Hall–Kier alpha value is -0.112. The minimum atomic E-state index is -0.472. The molecule has 0 unspecified atom stereocenters. The van der Waals surface area contributed by atoms with Crippen molar-refractivity contribution in [3.8, 4) is 0 Å². The van der Waals surface area contributed by atoms with Crippen molar-refractivity contribution in [2.75, 3.05) is 0 Å². The van der Waals surface area contributed by atoms with Gasteiger partial charge in [0.05, 0.1) is 0 Å². The van der Waals surface area contributed by atoms with Crippen LogP contribution in [-0.4, -0.2) is 0 Å². The number of benzene rings is 2. The monoisotopic (exact) mass is 545 g/mol. The fourth-order valence-electron chi connectivity index (χ4n) is 1.25. The van der Waals surface area contributed by atoms with Crippen LogP contribution in [0.1, 0.15) is 11.1 Å². The van der Waals surface area contributed by atoms with Crippen molar-refractivity contribution < 1.29 is 16.5 Å². The number of hydrogen-bond acceptors (Lipinski definition) is 0. The average molecular weight is 547 g/mol. The number of rotatable bonds is 0. The van der Waals surface area contributed by atoms with Crippen LogP contribution in [0.3, 0.4) is 0 Å². The molecule has 0 saturated heterocycles. The molecule has 0 fully saturated rings. The van der Waals surface area contributed by atoms with Gasteiger partial charge in [-0.25, -0.2) is 0 Å². The summed E-state index contributed by atoms with van der Waals surface area (Å²) >= 11 is 10.8. The second kappa shape index (κ2) is 11.5. The molecule has 2 rings (SSSR count). The van der Waals surface area contributed by atoms with Gasteiger partial charge in [0.2, 0.25) is 0 Å². The summed E-state index contributed by atoms with van der Waals surface area (Å²) in [5.41, 5.74) is 17.4. The molecule has 2 nitrogen and oxygen atoms in total. The summed E-state index contributed by atoms with van der Waals surface area (Å²) in [6, 6.07) is 10.4. The van der Waals surface area contributed by atoms with Gasteiger partial charge in [0.1, 0.15) is 0 Å². The van der Waals surface area contributed by atoms with E-state index in [4.69, 9.17) is 53.5 Å². The van der Waals surface area contributed by atoms with Gasteiger partial charge >= 0.3 is 35.3 Å². The molecule has 118 valence electrons. The zero-order valence-corrected chi connectivity index (χ0v) is 16.6. The first-order valence-electron chi connectivity index (χ1n) is 5.59. The van der Waals surface area contributed by atoms with Crippen LogP contribution in [0.15, 0.2) is 36.4 Å². The van der Waals surface area contributed by atoms with Crippen molar-refractivity contribution in [1.82, 2.24) is 0 Å². The van der Waals surface area contributed by atoms with Crippen molar-refractivity contribution in [3.05, 3.63) is 69.0 Å². The van der Waals surface area contributed by atoms with Gasteiger partial charge in [-0.1, -0.05) is 46.5 Å². The van der Waals surface area contributed by atoms with Crippen molar-refractivity contribution in [1.29, 1.82) is 0 Å². The van der Waals surface area contributed by atoms with E-state index in [1.807, 2.05) is 13.8 Å². The third-order valence-electron chi connectivity index (χ3n) is 2.38. The zero-order chi connectivity index (χ0) is 16.4. The van der Waals surface area contributed by atoms with Crippen molar-refractivity contribution >= 4 is 53.4 Å². The Bertz CT molecular complexity index is 515. The van der Waals surface area contributed by atoms with Gasteiger partial charge in [0.15, 0.2) is 0 Å². The molecule has 0 heterocycles. The standard InChI is InChI=1S/2C7H7ClN.2ClH.Pt/c2*1-5-4-6(8)2-3-7(5)9;;;/h2*2-4,9H,1H3;2*1H;/q2*-1;;;+4/p-2. The Kier molecular flexibility index (Phi) is 11.4. The third kappa shape index (κ3) is 9.50. The van der Waals surface area contributed by atoms with Gasteiger partial charge in [0, 0.05) is 10.0 Å². The Morgan fingerprint density at radius 3 is 1.24 bits per heavy atom. The molecule has 0 aromatic heterocycles. The van der Waals surface area contributed by atoms with Crippen LogP contribution in [0.2, 0.25) is 10.0 Å². The average Bonchev–Trinajstić information content (AvgIpc) is 2.41. The van der Waals surface area contributed by atoms with E-state index >= 15 is 0 Å². The zero-order valence-electron chi connectivity index (χ0n) is 11.3. The Morgan fingerprint density at radius 1 is 0.762 bits per heavy atom. The summed E-state index contributed by atoms with van der Waals surface area (Å²) in [5, 5.41) is 1.40. The molecule has 0 aliphatic heterocycles. The van der Waals surface area contributed by atoms with Crippen molar-refractivity contribution in [2.24, 2.45) is 0 Å². The summed E-state index contributed by atoms with van der Waals surface area (Å²) in [4.78, 5) is 0. The summed E-state index contributed by atoms with van der Waals surface area (Å²) in [5.74, 6) is 0. The van der Waals surface area contributed by atoms with E-state index in [-0.39, 0.29) is 0 Å². The molecule has 0 amide bonds. The van der Waals surface area contributed by atoms with E-state index in [1.54, 1.807) is 36.4 Å². The molecule has 0 spiro atoms. The maximum absolute atomic E-state index is 7.26. The predicted molar refractivity (Wildman–Crippen MR) is 92.0 cm³/mol. The topological polar surface area (TPSA) is 47.6 Å². The molecule has 2 aromatic carbocycles. The molecular formula is C14H14Cl4N2Pt. The molecule has 0 radical (unpaired) electrons. The quantitative estimate of drug-likeness (QED) is 0.321. The number of nitrogens with one attached hydrogen (secondary N) is 2. The molecule has 0 saturated carbocycles. The van der Waals surface area contributed by atoms with Crippen molar-refractivity contribution in [2.45, 2.75) is 13.8 Å². The molecule has 21 heavy (non-hydrogen) atoms. The van der Waals surface area contributed by atoms with Gasteiger partial charge in [0.25, 0.3) is 0 Å². The first-order valence-corrected chi connectivity index (χ1v) is 12.0. The summed E-state index contributed by atoms with van der Waals surface area (Å²) < 4.78 is 0. The van der Waals surface area contributed by atoms with Crippen LogP contribution in [0, 0.1) is 13.8 Å².